The van der Waals surface area contributed by atoms with Crippen LogP contribution in [0.5, 0.6) is 0 Å². The van der Waals surface area contributed by atoms with Crippen LogP contribution in [0.25, 0.3) is 11.3 Å². The van der Waals surface area contributed by atoms with Crippen molar-refractivity contribution in [3.8, 4) is 11.3 Å². The number of anilines is 2. The van der Waals surface area contributed by atoms with E-state index in [1.807, 2.05) is 30.3 Å². The fourth-order valence-corrected chi connectivity index (χ4v) is 4.57. The van der Waals surface area contributed by atoms with Gasteiger partial charge in [0.1, 0.15) is 17.7 Å². The van der Waals surface area contributed by atoms with Crippen LogP contribution in [-0.2, 0) is 22.4 Å². The molecular formula is C29H37N7O3. The third-order valence-corrected chi connectivity index (χ3v) is 6.72. The predicted molar refractivity (Wildman–Crippen MR) is 151 cm³/mol. The van der Waals surface area contributed by atoms with Crippen LogP contribution in [0, 0.1) is 0 Å². The van der Waals surface area contributed by atoms with Gasteiger partial charge < -0.3 is 21.1 Å². The van der Waals surface area contributed by atoms with Gasteiger partial charge in [-0.3, -0.25) is 14.7 Å². The van der Waals surface area contributed by atoms with Crippen LogP contribution in [0.2, 0.25) is 0 Å². The molecule has 1 aliphatic heterocycles. The predicted octanol–water partition coefficient (Wildman–Crippen LogP) is 3.57. The molecule has 10 heteroatoms. The largest absolute Gasteiger partial charge is 0.480 e. The van der Waals surface area contributed by atoms with E-state index in [9.17, 15) is 14.7 Å². The van der Waals surface area contributed by atoms with Crippen LogP contribution >= 0.6 is 0 Å². The first-order chi connectivity index (χ1) is 19.0. The minimum absolute atomic E-state index is 0.119. The number of carbonyl (C=O) groups excluding carboxylic acids is 1. The van der Waals surface area contributed by atoms with Crippen molar-refractivity contribution in [1.29, 1.82) is 0 Å². The summed E-state index contributed by atoms with van der Waals surface area (Å²) in [5.41, 5.74) is 3.93. The highest BCUT2D eigenvalue weighted by Crippen LogP contribution is 2.21. The van der Waals surface area contributed by atoms with E-state index < -0.39 is 12.0 Å². The number of amides is 1. The zero-order chi connectivity index (χ0) is 27.5. The Morgan fingerprint density at radius 1 is 1.08 bits per heavy atom. The summed E-state index contributed by atoms with van der Waals surface area (Å²) in [6, 6.07) is 13.1. The molecule has 4 rings (SSSR count). The lowest BCUT2D eigenvalue weighted by Gasteiger charge is -2.24. The molecule has 39 heavy (non-hydrogen) atoms. The summed E-state index contributed by atoms with van der Waals surface area (Å²) in [5.74, 6) is 0.335. The molecule has 10 nitrogen and oxygen atoms in total. The Bertz CT molecular complexity index is 1240. The van der Waals surface area contributed by atoms with Crippen molar-refractivity contribution in [3.63, 3.8) is 0 Å². The minimum Gasteiger partial charge on any atom is -0.480 e. The monoisotopic (exact) mass is 531 g/mol. The zero-order valence-corrected chi connectivity index (χ0v) is 22.4. The van der Waals surface area contributed by atoms with E-state index in [4.69, 9.17) is 4.98 Å². The van der Waals surface area contributed by atoms with E-state index in [1.54, 1.807) is 6.20 Å². The van der Waals surface area contributed by atoms with Crippen molar-refractivity contribution in [1.82, 2.24) is 25.2 Å². The number of pyridine rings is 1. The number of hydrogen-bond acceptors (Lipinski definition) is 8. The Morgan fingerprint density at radius 3 is 2.72 bits per heavy atom. The van der Waals surface area contributed by atoms with Crippen LogP contribution in [0.1, 0.15) is 43.9 Å². The first-order valence-electron chi connectivity index (χ1n) is 13.5. The van der Waals surface area contributed by atoms with Gasteiger partial charge in [0.05, 0.1) is 24.8 Å². The van der Waals surface area contributed by atoms with Crippen molar-refractivity contribution in [2.45, 2.75) is 51.5 Å². The fraction of sp³-hybridized carbons (Fsp3) is 0.414. The van der Waals surface area contributed by atoms with Crippen LogP contribution in [-0.4, -0.2) is 69.2 Å². The number of aliphatic carboxylic acids is 1. The number of carboxylic acids is 1. The van der Waals surface area contributed by atoms with E-state index in [2.05, 4.69) is 43.0 Å². The van der Waals surface area contributed by atoms with E-state index in [-0.39, 0.29) is 5.91 Å². The number of fused-ring (bicyclic) bond motifs is 1. The SMILES string of the molecule is CC(=O)NCN(CCCCc1ccc2c(n1)NCCC2)CCC(Nc1cncc(-c2ccccc2)n1)C(=O)O. The number of benzene rings is 1. The number of aryl methyl sites for hydroxylation is 2. The van der Waals surface area contributed by atoms with Crippen molar-refractivity contribution >= 4 is 23.5 Å². The molecule has 206 valence electrons. The Hall–Kier alpha value is -4.05. The van der Waals surface area contributed by atoms with Gasteiger partial charge in [0.2, 0.25) is 5.91 Å². The zero-order valence-electron chi connectivity index (χ0n) is 22.4. The Labute approximate surface area is 229 Å². The normalized spacial score (nSPS) is 13.3. The van der Waals surface area contributed by atoms with Crippen LogP contribution < -0.4 is 16.0 Å². The van der Waals surface area contributed by atoms with Crippen LogP contribution in [0.3, 0.4) is 0 Å². The van der Waals surface area contributed by atoms with Gasteiger partial charge in [0.25, 0.3) is 0 Å². The molecule has 0 bridgehead atoms. The Balaban J connectivity index is 1.30. The van der Waals surface area contributed by atoms with Crippen molar-refractivity contribution in [2.24, 2.45) is 0 Å². The summed E-state index contributed by atoms with van der Waals surface area (Å²) in [4.78, 5) is 39.2. The number of hydrogen-bond donors (Lipinski definition) is 4. The van der Waals surface area contributed by atoms with Gasteiger partial charge >= 0.3 is 5.97 Å². The fourth-order valence-electron chi connectivity index (χ4n) is 4.57. The van der Waals surface area contributed by atoms with Crippen molar-refractivity contribution in [3.05, 3.63) is 66.1 Å². The number of carbonyl (C=O) groups is 2. The van der Waals surface area contributed by atoms with Gasteiger partial charge in [-0.05, 0) is 56.7 Å². The third kappa shape index (κ3) is 8.75. The molecule has 2 aromatic heterocycles. The minimum atomic E-state index is -0.964. The third-order valence-electron chi connectivity index (χ3n) is 6.72. The molecule has 0 fully saturated rings. The number of unbranched alkanes of at least 4 members (excludes halogenated alkanes) is 1. The molecule has 0 saturated carbocycles. The summed E-state index contributed by atoms with van der Waals surface area (Å²) < 4.78 is 0. The van der Waals surface area contributed by atoms with Gasteiger partial charge in [0.15, 0.2) is 0 Å². The molecule has 0 spiro atoms. The average molecular weight is 532 g/mol. The molecule has 3 aromatic rings. The maximum absolute atomic E-state index is 12.0. The molecule has 0 saturated heterocycles. The Morgan fingerprint density at radius 2 is 1.92 bits per heavy atom. The second-order valence-corrected chi connectivity index (χ2v) is 9.79. The number of rotatable bonds is 14. The summed E-state index contributed by atoms with van der Waals surface area (Å²) in [5, 5.41) is 19.1. The van der Waals surface area contributed by atoms with Crippen molar-refractivity contribution in [2.75, 3.05) is 36.9 Å². The topological polar surface area (TPSA) is 132 Å². The van der Waals surface area contributed by atoms with Gasteiger partial charge in [0, 0.05) is 31.3 Å². The van der Waals surface area contributed by atoms with Gasteiger partial charge in [-0.15, -0.1) is 0 Å². The standard InChI is InChI=1S/C29H37N7O3/c1-21(37)32-20-36(16-6-5-11-24-13-12-23-10-7-15-31-28(23)33-24)17-14-25(29(38)39)34-27-19-30-18-26(35-27)22-8-3-2-4-9-22/h2-4,8-9,12-13,18-19,25H,5-7,10-11,14-17,20H2,1H3,(H,31,33)(H,32,37)(H,34,35)(H,38,39). The lowest BCUT2D eigenvalue weighted by molar-refractivity contribution is -0.138. The molecule has 0 aliphatic carbocycles. The maximum atomic E-state index is 12.0. The second kappa shape index (κ2) is 14.2. The van der Waals surface area contributed by atoms with Gasteiger partial charge in [-0.2, -0.15) is 0 Å². The summed E-state index contributed by atoms with van der Waals surface area (Å²) in [6.07, 6.45) is 8.47. The Kier molecular flexibility index (Phi) is 10.2. The summed E-state index contributed by atoms with van der Waals surface area (Å²) >= 11 is 0. The molecule has 1 unspecified atom stereocenters. The van der Waals surface area contributed by atoms with Crippen LogP contribution in [0.15, 0.2) is 54.9 Å². The van der Waals surface area contributed by atoms with Gasteiger partial charge in [-0.25, -0.2) is 14.8 Å². The maximum Gasteiger partial charge on any atom is 0.326 e. The number of carboxylic acid groups (broad SMARTS) is 1. The van der Waals surface area contributed by atoms with E-state index in [1.165, 1.54) is 18.7 Å². The molecule has 3 heterocycles. The number of aromatic nitrogens is 3. The molecular weight excluding hydrogens is 494 g/mol. The molecule has 1 atom stereocenters. The number of nitrogens with one attached hydrogen (secondary N) is 3. The quantitative estimate of drug-likeness (QED) is 0.182. The van der Waals surface area contributed by atoms with E-state index >= 15 is 0 Å². The highest BCUT2D eigenvalue weighted by Gasteiger charge is 2.20. The highest BCUT2D eigenvalue weighted by atomic mass is 16.4. The smallest absolute Gasteiger partial charge is 0.326 e. The lowest BCUT2D eigenvalue weighted by Crippen LogP contribution is -2.41. The molecule has 1 amide bonds. The molecule has 4 N–H and O–H groups in total. The average Bonchev–Trinajstić information content (AvgIpc) is 2.95. The second-order valence-electron chi connectivity index (χ2n) is 9.79. The van der Waals surface area contributed by atoms with E-state index in [0.29, 0.717) is 31.1 Å². The first kappa shape index (κ1) is 28.0. The number of nitrogens with zero attached hydrogens (tertiary/aromatic N) is 4. The summed E-state index contributed by atoms with van der Waals surface area (Å²) in [6.45, 7) is 4.05. The molecule has 1 aromatic carbocycles. The highest BCUT2D eigenvalue weighted by molar-refractivity contribution is 5.77. The first-order valence-corrected chi connectivity index (χ1v) is 13.5. The van der Waals surface area contributed by atoms with E-state index in [0.717, 1.165) is 62.3 Å². The van der Waals surface area contributed by atoms with Crippen molar-refractivity contribution < 1.29 is 14.7 Å². The van der Waals surface area contributed by atoms with Crippen LogP contribution in [0.4, 0.5) is 11.6 Å². The lowest BCUT2D eigenvalue weighted by atomic mass is 10.1. The molecule has 0 radical (unpaired) electrons. The summed E-state index contributed by atoms with van der Waals surface area (Å²) in [7, 11) is 0. The van der Waals surface area contributed by atoms with Gasteiger partial charge in [-0.1, -0.05) is 36.4 Å². The molecule has 1 aliphatic rings.